The second-order valence-corrected chi connectivity index (χ2v) is 8.45. The van der Waals surface area contributed by atoms with E-state index in [4.69, 9.17) is 30.1 Å². The van der Waals surface area contributed by atoms with Crippen LogP contribution in [0.1, 0.15) is 52.0 Å². The van der Waals surface area contributed by atoms with Crippen molar-refractivity contribution in [2.45, 2.75) is 77.2 Å². The fourth-order valence-electron chi connectivity index (χ4n) is 3.78. The van der Waals surface area contributed by atoms with Gasteiger partial charge in [0.1, 0.15) is 5.75 Å². The number of esters is 4. The highest BCUT2D eigenvalue weighted by molar-refractivity contribution is 5.90. The molecule has 1 saturated heterocycles. The van der Waals surface area contributed by atoms with Gasteiger partial charge in [-0.2, -0.15) is 0 Å². The molecule has 1 heterocycles. The van der Waals surface area contributed by atoms with Crippen molar-refractivity contribution >= 4 is 35.5 Å². The number of benzene rings is 1. The summed E-state index contributed by atoms with van der Waals surface area (Å²) in [5, 5.41) is 2.48. The van der Waals surface area contributed by atoms with E-state index < -0.39 is 78.2 Å². The van der Waals surface area contributed by atoms with Crippen LogP contribution in [0.4, 0.5) is 14.5 Å². The number of ether oxygens (including phenoxy) is 6. The molecular formula is C26H29F2NO11. The normalized spacial score (nSPS) is 21.9. The van der Waals surface area contributed by atoms with E-state index in [-0.39, 0.29) is 12.1 Å². The van der Waals surface area contributed by atoms with E-state index in [0.717, 1.165) is 40.0 Å². The van der Waals surface area contributed by atoms with Crippen LogP contribution < -0.4 is 10.1 Å². The maximum atomic E-state index is 14.0. The van der Waals surface area contributed by atoms with Gasteiger partial charge in [-0.3, -0.25) is 19.2 Å². The average molecular weight is 570 g/mol. The number of methoxy groups -OCH3 is 1. The number of nitrogens with one attached hydrogen (secondary N) is 1. The zero-order valence-electron chi connectivity index (χ0n) is 22.1. The zero-order chi connectivity index (χ0) is 30.0. The second kappa shape index (κ2) is 14.8. The Labute approximate surface area is 228 Å². The predicted molar refractivity (Wildman–Crippen MR) is 131 cm³/mol. The number of terminal acetylenes is 1. The standard InChI is InChI=1S/C26H29F2NO11/c1-6-7-8-9-19(33)29-16-10-11-18(17(12-16)24(27)28)39-26-23(38-15(4)32)21(37-14(3)31)20(36-13(2)30)22(40-26)25(34)35-5/h1,10-12,20-24,26H,7-9H2,2-5H3,(H,29,33). The smallest absolute Gasteiger partial charge is 0.339 e. The van der Waals surface area contributed by atoms with Crippen LogP contribution in [0, 0.1) is 12.3 Å². The first-order chi connectivity index (χ1) is 18.9. The summed E-state index contributed by atoms with van der Waals surface area (Å²) >= 11 is 0. The number of unbranched alkanes of at least 4 members (excludes halogenated alkanes) is 1. The lowest BCUT2D eigenvalue weighted by molar-refractivity contribution is -0.282. The molecular weight excluding hydrogens is 540 g/mol. The van der Waals surface area contributed by atoms with Crippen LogP contribution in [-0.4, -0.2) is 67.6 Å². The summed E-state index contributed by atoms with van der Waals surface area (Å²) in [6, 6.07) is 3.33. The Bertz CT molecular complexity index is 1150. The first kappa shape index (κ1) is 32.0. The van der Waals surface area contributed by atoms with E-state index in [1.54, 1.807) is 0 Å². The van der Waals surface area contributed by atoms with Gasteiger partial charge in [0.05, 0.1) is 12.7 Å². The van der Waals surface area contributed by atoms with E-state index in [1.165, 1.54) is 6.07 Å². The molecule has 1 aliphatic heterocycles. The van der Waals surface area contributed by atoms with Gasteiger partial charge in [-0.25, -0.2) is 13.6 Å². The molecule has 1 amide bonds. The molecule has 14 heteroatoms. The lowest BCUT2D eigenvalue weighted by Crippen LogP contribution is -2.64. The molecule has 0 spiro atoms. The average Bonchev–Trinajstić information content (AvgIpc) is 2.86. The maximum absolute atomic E-state index is 14.0. The van der Waals surface area contributed by atoms with Gasteiger partial charge in [0.15, 0.2) is 18.3 Å². The molecule has 218 valence electrons. The summed E-state index contributed by atoms with van der Waals surface area (Å²) in [4.78, 5) is 60.2. The first-order valence-electron chi connectivity index (χ1n) is 11.9. The molecule has 0 aliphatic carbocycles. The highest BCUT2D eigenvalue weighted by Gasteiger charge is 2.56. The summed E-state index contributed by atoms with van der Waals surface area (Å²) in [6.07, 6.45) is -5.72. The van der Waals surface area contributed by atoms with Gasteiger partial charge >= 0.3 is 23.9 Å². The van der Waals surface area contributed by atoms with E-state index in [9.17, 15) is 32.8 Å². The number of alkyl halides is 2. The first-order valence-corrected chi connectivity index (χ1v) is 11.9. The number of carbonyl (C=O) groups is 5. The third-order valence-electron chi connectivity index (χ3n) is 5.33. The molecule has 0 radical (unpaired) electrons. The number of carbonyl (C=O) groups excluding carboxylic acids is 5. The summed E-state index contributed by atoms with van der Waals surface area (Å²) in [5.41, 5.74) is -0.651. The van der Waals surface area contributed by atoms with Crippen LogP contribution in [0.5, 0.6) is 5.75 Å². The van der Waals surface area contributed by atoms with Crippen molar-refractivity contribution in [2.75, 3.05) is 12.4 Å². The molecule has 0 aromatic heterocycles. The van der Waals surface area contributed by atoms with Crippen molar-refractivity contribution in [2.24, 2.45) is 0 Å². The fraction of sp³-hybridized carbons (Fsp3) is 0.500. The minimum atomic E-state index is -3.11. The van der Waals surface area contributed by atoms with Crippen LogP contribution in [0.3, 0.4) is 0 Å². The van der Waals surface area contributed by atoms with E-state index in [0.29, 0.717) is 12.8 Å². The monoisotopic (exact) mass is 569 g/mol. The Morgan fingerprint density at radius 1 is 1.00 bits per heavy atom. The van der Waals surface area contributed by atoms with Crippen molar-refractivity contribution in [1.82, 2.24) is 0 Å². The van der Waals surface area contributed by atoms with Crippen LogP contribution in [0.25, 0.3) is 0 Å². The van der Waals surface area contributed by atoms with Crippen LogP contribution in [0.2, 0.25) is 0 Å². The number of amides is 1. The molecule has 1 N–H and O–H groups in total. The predicted octanol–water partition coefficient (Wildman–Crippen LogP) is 2.44. The van der Waals surface area contributed by atoms with Gasteiger partial charge < -0.3 is 33.7 Å². The third kappa shape index (κ3) is 8.91. The summed E-state index contributed by atoms with van der Waals surface area (Å²) in [5.74, 6) is -2.36. The van der Waals surface area contributed by atoms with Crippen LogP contribution in [0.15, 0.2) is 18.2 Å². The number of hydrogen-bond acceptors (Lipinski definition) is 11. The fourth-order valence-corrected chi connectivity index (χ4v) is 3.78. The molecule has 0 bridgehead atoms. The van der Waals surface area contributed by atoms with E-state index in [2.05, 4.69) is 16.0 Å². The SMILES string of the molecule is C#CCCCC(=O)Nc1ccc(OC2OC(C(=O)OC)C(OC(C)=O)C(OC(C)=O)C2OC(C)=O)c(C(F)F)c1. The minimum Gasteiger partial charge on any atom is -0.467 e. The van der Waals surface area contributed by atoms with Crippen LogP contribution in [-0.2, 0) is 47.7 Å². The van der Waals surface area contributed by atoms with Gasteiger partial charge in [0, 0.05) is 39.3 Å². The Hall–Kier alpha value is -4.25. The Morgan fingerprint density at radius 2 is 1.60 bits per heavy atom. The number of anilines is 1. The second-order valence-electron chi connectivity index (χ2n) is 8.45. The van der Waals surface area contributed by atoms with Crippen molar-refractivity contribution in [1.29, 1.82) is 0 Å². The maximum Gasteiger partial charge on any atom is 0.339 e. The molecule has 1 aromatic rings. The molecule has 12 nitrogen and oxygen atoms in total. The van der Waals surface area contributed by atoms with Gasteiger partial charge in [-0.15, -0.1) is 12.3 Å². The summed E-state index contributed by atoms with van der Waals surface area (Å²) < 4.78 is 59.6. The molecule has 5 unspecified atom stereocenters. The highest BCUT2D eigenvalue weighted by Crippen LogP contribution is 2.36. The third-order valence-corrected chi connectivity index (χ3v) is 5.33. The molecule has 1 aliphatic rings. The van der Waals surface area contributed by atoms with Crippen molar-refractivity contribution in [3.8, 4) is 18.1 Å². The van der Waals surface area contributed by atoms with Crippen molar-refractivity contribution < 1.29 is 61.2 Å². The highest BCUT2D eigenvalue weighted by atomic mass is 19.3. The van der Waals surface area contributed by atoms with Gasteiger partial charge in [-0.1, -0.05) is 0 Å². The molecule has 40 heavy (non-hydrogen) atoms. The van der Waals surface area contributed by atoms with Crippen molar-refractivity contribution in [3.05, 3.63) is 23.8 Å². The topological polar surface area (TPSA) is 153 Å². The Kier molecular flexibility index (Phi) is 11.8. The lowest BCUT2D eigenvalue weighted by Gasteiger charge is -2.43. The molecule has 0 saturated carbocycles. The molecule has 5 atom stereocenters. The quantitative estimate of drug-likeness (QED) is 0.181. The van der Waals surface area contributed by atoms with Gasteiger partial charge in [0.2, 0.25) is 18.3 Å². The van der Waals surface area contributed by atoms with Gasteiger partial charge in [0.25, 0.3) is 6.43 Å². The van der Waals surface area contributed by atoms with Crippen molar-refractivity contribution in [3.63, 3.8) is 0 Å². The molecule has 1 fully saturated rings. The zero-order valence-corrected chi connectivity index (χ0v) is 22.1. The Balaban J connectivity index is 2.48. The number of hydrogen-bond donors (Lipinski definition) is 1. The number of rotatable bonds is 11. The molecule has 2 rings (SSSR count). The van der Waals surface area contributed by atoms with Gasteiger partial charge in [-0.05, 0) is 24.6 Å². The summed E-state index contributed by atoms with van der Waals surface area (Å²) in [7, 11) is 1.000. The largest absolute Gasteiger partial charge is 0.467 e. The van der Waals surface area contributed by atoms with Crippen LogP contribution >= 0.6 is 0 Å². The van der Waals surface area contributed by atoms with E-state index in [1.807, 2.05) is 0 Å². The number of halogens is 2. The molecule has 1 aromatic carbocycles. The Morgan fingerprint density at radius 3 is 2.15 bits per heavy atom. The lowest BCUT2D eigenvalue weighted by atomic mass is 9.97. The minimum absolute atomic E-state index is 0.0367. The van der Waals surface area contributed by atoms with E-state index >= 15 is 0 Å². The summed E-state index contributed by atoms with van der Waals surface area (Å²) in [6.45, 7) is 3.01.